The summed E-state index contributed by atoms with van der Waals surface area (Å²) in [5, 5.41) is 17.8. The second kappa shape index (κ2) is 9.08. The van der Waals surface area contributed by atoms with E-state index in [0.29, 0.717) is 27.8 Å². The van der Waals surface area contributed by atoms with Gasteiger partial charge in [-0.2, -0.15) is 5.26 Å². The summed E-state index contributed by atoms with van der Waals surface area (Å²) < 4.78 is 23.3. The van der Waals surface area contributed by atoms with Crippen LogP contribution in [-0.4, -0.2) is 29.9 Å². The second-order valence-corrected chi connectivity index (χ2v) is 9.74. The third kappa shape index (κ3) is 4.96. The molecule has 1 aromatic heterocycles. The maximum absolute atomic E-state index is 12.5. The molecule has 0 saturated heterocycles. The number of nitrogens with zero attached hydrogens (tertiary/aromatic N) is 3. The fourth-order valence-corrected chi connectivity index (χ4v) is 4.73. The summed E-state index contributed by atoms with van der Waals surface area (Å²) in [6.07, 6.45) is 2.59. The number of nitrogens with one attached hydrogen (secondary N) is 1. The van der Waals surface area contributed by atoms with Crippen molar-refractivity contribution in [2.24, 2.45) is 5.14 Å². The van der Waals surface area contributed by atoms with Crippen molar-refractivity contribution in [1.29, 1.82) is 5.26 Å². The number of carbonyl (C=O) groups excluding carboxylic acids is 1. The highest BCUT2D eigenvalue weighted by molar-refractivity contribution is 7.99. The molecule has 32 heavy (non-hydrogen) atoms. The number of primary sulfonamides is 1. The maximum atomic E-state index is 12.5. The quantitative estimate of drug-likeness (QED) is 0.308. The molecule has 1 aliphatic carbocycles. The smallest absolute Gasteiger partial charge is 0.238 e. The molecule has 0 aliphatic heterocycles. The number of hydrogen-bond acceptors (Lipinski definition) is 8. The van der Waals surface area contributed by atoms with Gasteiger partial charge in [-0.05, 0) is 49.6 Å². The van der Waals surface area contributed by atoms with Crippen LogP contribution in [0.1, 0.15) is 33.6 Å². The van der Waals surface area contributed by atoms with Gasteiger partial charge < -0.3 is 5.32 Å². The fraction of sp³-hybridized carbons (Fsp3) is 0.182. The van der Waals surface area contributed by atoms with Gasteiger partial charge in [-0.25, -0.2) is 23.5 Å². The van der Waals surface area contributed by atoms with Crippen molar-refractivity contribution >= 4 is 39.1 Å². The summed E-state index contributed by atoms with van der Waals surface area (Å²) in [7, 11) is -3.82. The number of nitriles is 1. The SMILES string of the molecule is N#Cc1ccc(C(=O)CSc2nc3c(c(Nc4cccc(S(N)(=O)=O)c4)n2)CCC3)cc1. The number of rotatable bonds is 7. The van der Waals surface area contributed by atoms with Gasteiger partial charge in [0.05, 0.1) is 28.0 Å². The van der Waals surface area contributed by atoms with Crippen molar-refractivity contribution in [1.82, 2.24) is 9.97 Å². The number of fused-ring (bicyclic) bond motifs is 1. The van der Waals surface area contributed by atoms with Gasteiger partial charge in [0.2, 0.25) is 10.0 Å². The van der Waals surface area contributed by atoms with E-state index in [1.54, 1.807) is 36.4 Å². The van der Waals surface area contributed by atoms with E-state index in [-0.39, 0.29) is 16.4 Å². The highest BCUT2D eigenvalue weighted by Crippen LogP contribution is 2.31. The zero-order chi connectivity index (χ0) is 22.7. The van der Waals surface area contributed by atoms with Crippen LogP contribution in [0.15, 0.2) is 58.6 Å². The number of aromatic nitrogens is 2. The highest BCUT2D eigenvalue weighted by atomic mass is 32.2. The van der Waals surface area contributed by atoms with Gasteiger partial charge in [0.25, 0.3) is 0 Å². The molecule has 0 amide bonds. The Balaban J connectivity index is 1.54. The number of aryl methyl sites for hydroxylation is 1. The molecule has 0 saturated carbocycles. The van der Waals surface area contributed by atoms with E-state index in [0.717, 1.165) is 30.5 Å². The molecular weight excluding hydrogens is 446 g/mol. The Hall–Kier alpha value is -3.26. The standard InChI is InChI=1S/C22H19N5O3S2/c23-12-14-7-9-15(10-8-14)20(28)13-31-22-26-19-6-2-5-18(19)21(27-22)25-16-3-1-4-17(11-16)32(24,29)30/h1,3-4,7-11H,2,5-6,13H2,(H2,24,29,30)(H,25,26,27). The average Bonchev–Trinajstić information content (AvgIpc) is 3.26. The first-order chi connectivity index (χ1) is 15.3. The Morgan fingerprint density at radius 3 is 2.66 bits per heavy atom. The van der Waals surface area contributed by atoms with E-state index >= 15 is 0 Å². The van der Waals surface area contributed by atoms with Crippen LogP contribution in [0.25, 0.3) is 0 Å². The molecule has 0 atom stereocenters. The van der Waals surface area contributed by atoms with Crippen molar-refractivity contribution in [3.05, 3.63) is 70.9 Å². The lowest BCUT2D eigenvalue weighted by atomic mass is 10.1. The largest absolute Gasteiger partial charge is 0.340 e. The van der Waals surface area contributed by atoms with Crippen LogP contribution in [0.4, 0.5) is 11.5 Å². The molecule has 10 heteroatoms. The molecular formula is C22H19N5O3S2. The third-order valence-electron chi connectivity index (χ3n) is 5.01. The first kappa shape index (κ1) is 22.0. The number of carbonyl (C=O) groups is 1. The van der Waals surface area contributed by atoms with E-state index in [1.165, 1.54) is 23.9 Å². The number of benzene rings is 2. The van der Waals surface area contributed by atoms with Gasteiger partial charge in [0.15, 0.2) is 10.9 Å². The van der Waals surface area contributed by atoms with Crippen molar-refractivity contribution in [2.75, 3.05) is 11.1 Å². The average molecular weight is 466 g/mol. The van der Waals surface area contributed by atoms with Crippen molar-refractivity contribution < 1.29 is 13.2 Å². The normalized spacial score (nSPS) is 12.8. The lowest BCUT2D eigenvalue weighted by Gasteiger charge is -2.12. The number of sulfonamides is 1. The van der Waals surface area contributed by atoms with Gasteiger partial charge in [-0.3, -0.25) is 4.79 Å². The molecule has 3 N–H and O–H groups in total. The predicted molar refractivity (Wildman–Crippen MR) is 121 cm³/mol. The predicted octanol–water partition coefficient (Wildman–Crippen LogP) is 3.20. The van der Waals surface area contributed by atoms with Gasteiger partial charge in [-0.15, -0.1) is 0 Å². The molecule has 0 radical (unpaired) electrons. The molecule has 3 aromatic rings. The Morgan fingerprint density at radius 2 is 1.94 bits per heavy atom. The minimum Gasteiger partial charge on any atom is -0.340 e. The maximum Gasteiger partial charge on any atom is 0.238 e. The number of anilines is 2. The molecule has 8 nitrogen and oxygen atoms in total. The molecule has 1 heterocycles. The topological polar surface area (TPSA) is 139 Å². The number of Topliss-reactive ketones (excluding diaryl/α,β-unsaturated/α-hetero) is 1. The Morgan fingerprint density at radius 1 is 1.16 bits per heavy atom. The first-order valence-electron chi connectivity index (χ1n) is 9.79. The Kier molecular flexibility index (Phi) is 6.23. The summed E-state index contributed by atoms with van der Waals surface area (Å²) in [5.41, 5.74) is 3.50. The van der Waals surface area contributed by atoms with Crippen LogP contribution in [0.5, 0.6) is 0 Å². The molecule has 1 aliphatic rings. The van der Waals surface area contributed by atoms with E-state index in [2.05, 4.69) is 15.3 Å². The van der Waals surface area contributed by atoms with Crippen LogP contribution in [0.2, 0.25) is 0 Å². The van der Waals surface area contributed by atoms with E-state index in [9.17, 15) is 13.2 Å². The van der Waals surface area contributed by atoms with Crippen LogP contribution in [0.3, 0.4) is 0 Å². The van der Waals surface area contributed by atoms with Crippen LogP contribution in [-0.2, 0) is 22.9 Å². The van der Waals surface area contributed by atoms with Crippen molar-refractivity contribution in [3.8, 4) is 6.07 Å². The van der Waals surface area contributed by atoms with Crippen LogP contribution >= 0.6 is 11.8 Å². The molecule has 162 valence electrons. The number of nitrogens with two attached hydrogens (primary N) is 1. The number of hydrogen-bond donors (Lipinski definition) is 2. The highest BCUT2D eigenvalue weighted by Gasteiger charge is 2.21. The molecule has 0 spiro atoms. The minimum absolute atomic E-state index is 0.0100. The molecule has 4 rings (SSSR count). The zero-order valence-corrected chi connectivity index (χ0v) is 18.5. The third-order valence-corrected chi connectivity index (χ3v) is 6.76. The van der Waals surface area contributed by atoms with Crippen LogP contribution in [0, 0.1) is 11.3 Å². The lowest BCUT2D eigenvalue weighted by Crippen LogP contribution is -2.12. The zero-order valence-electron chi connectivity index (χ0n) is 16.9. The Bertz CT molecular complexity index is 1330. The summed E-state index contributed by atoms with van der Waals surface area (Å²) >= 11 is 1.24. The van der Waals surface area contributed by atoms with Crippen molar-refractivity contribution in [3.63, 3.8) is 0 Å². The summed E-state index contributed by atoms with van der Waals surface area (Å²) in [5.74, 6) is 0.678. The molecule has 2 aromatic carbocycles. The Labute approximate surface area is 189 Å². The molecule has 0 bridgehead atoms. The molecule has 0 fully saturated rings. The van der Waals surface area contributed by atoms with E-state index < -0.39 is 10.0 Å². The summed E-state index contributed by atoms with van der Waals surface area (Å²) in [6, 6.07) is 14.8. The van der Waals surface area contributed by atoms with Gasteiger partial charge >= 0.3 is 0 Å². The number of ketones is 1. The van der Waals surface area contributed by atoms with Gasteiger partial charge in [0.1, 0.15) is 5.82 Å². The van der Waals surface area contributed by atoms with Gasteiger partial charge in [-0.1, -0.05) is 30.0 Å². The summed E-state index contributed by atoms with van der Waals surface area (Å²) in [6.45, 7) is 0. The van der Waals surface area contributed by atoms with Gasteiger partial charge in [0, 0.05) is 16.8 Å². The fourth-order valence-electron chi connectivity index (χ4n) is 3.41. The van der Waals surface area contributed by atoms with Crippen molar-refractivity contribution in [2.45, 2.75) is 29.3 Å². The minimum atomic E-state index is -3.82. The molecule has 0 unspecified atom stereocenters. The first-order valence-corrected chi connectivity index (χ1v) is 12.3. The van der Waals surface area contributed by atoms with Crippen LogP contribution < -0.4 is 10.5 Å². The summed E-state index contributed by atoms with van der Waals surface area (Å²) in [4.78, 5) is 21.7. The monoisotopic (exact) mass is 465 g/mol. The second-order valence-electron chi connectivity index (χ2n) is 7.23. The lowest BCUT2D eigenvalue weighted by molar-refractivity contribution is 0.102. The van der Waals surface area contributed by atoms with E-state index in [1.807, 2.05) is 6.07 Å². The van der Waals surface area contributed by atoms with E-state index in [4.69, 9.17) is 10.4 Å². The number of thioether (sulfide) groups is 1.